The molecule has 0 aliphatic carbocycles. The molecule has 0 unspecified atom stereocenters. The number of hydrogen-bond donors (Lipinski definition) is 1. The molecule has 2 rings (SSSR count). The van der Waals surface area contributed by atoms with Crippen LogP contribution < -0.4 is 5.73 Å². The van der Waals surface area contributed by atoms with Crippen LogP contribution in [0.4, 0.5) is 0 Å². The predicted octanol–water partition coefficient (Wildman–Crippen LogP) is 1.57. The van der Waals surface area contributed by atoms with Gasteiger partial charge in [0, 0.05) is 0 Å². The van der Waals surface area contributed by atoms with Gasteiger partial charge in [-0.25, -0.2) is 0 Å². The van der Waals surface area contributed by atoms with E-state index in [1.807, 2.05) is 12.1 Å². The summed E-state index contributed by atoms with van der Waals surface area (Å²) in [6, 6.07) is 17.8. The Bertz CT molecular complexity index is 644. The Morgan fingerprint density at radius 2 is 1.12 bits per heavy atom. The van der Waals surface area contributed by atoms with Gasteiger partial charge in [0.25, 0.3) is 0 Å². The number of nitrogens with two attached hydrogens (primary N) is 1. The third-order valence-corrected chi connectivity index (χ3v) is 3.20. The van der Waals surface area contributed by atoms with Crippen LogP contribution in [0.5, 0.6) is 0 Å². The van der Waals surface area contributed by atoms with Gasteiger partial charge in [-0.15, -0.1) is 0 Å². The van der Waals surface area contributed by atoms with Gasteiger partial charge in [0.2, 0.25) is 11.8 Å². The van der Waals surface area contributed by atoms with Crippen molar-refractivity contribution in [1.82, 2.24) is 0 Å². The van der Waals surface area contributed by atoms with Crippen LogP contribution in [-0.2, 0) is 37.1 Å². The lowest BCUT2D eigenvalue weighted by Crippen LogP contribution is -2.38. The Labute approximate surface area is 139 Å². The highest BCUT2D eigenvalue weighted by Crippen LogP contribution is 2.09. The topological polar surface area (TPSA) is 95.7 Å². The molecule has 6 heteroatoms. The molecule has 2 aromatic carbocycles. The van der Waals surface area contributed by atoms with Crippen LogP contribution in [0.1, 0.15) is 11.1 Å². The maximum Gasteiger partial charge on any atom is 0.330 e. The van der Waals surface area contributed by atoms with E-state index >= 15 is 0 Å². The van der Waals surface area contributed by atoms with E-state index in [2.05, 4.69) is 0 Å². The summed E-state index contributed by atoms with van der Waals surface area (Å²) in [5, 5.41) is 0. The molecule has 0 aliphatic heterocycles. The minimum Gasteiger partial charge on any atom is -0.460 e. The maximum atomic E-state index is 12.0. The summed E-state index contributed by atoms with van der Waals surface area (Å²) in [5.74, 6) is -4.93. The predicted molar refractivity (Wildman–Crippen MR) is 85.2 cm³/mol. The lowest BCUT2D eigenvalue weighted by atomic mass is 10.1. The Morgan fingerprint density at radius 3 is 1.46 bits per heavy atom. The van der Waals surface area contributed by atoms with E-state index in [0.717, 1.165) is 11.1 Å². The van der Waals surface area contributed by atoms with Crippen LogP contribution in [0.15, 0.2) is 60.7 Å². The quantitative estimate of drug-likeness (QED) is 0.615. The van der Waals surface area contributed by atoms with E-state index in [9.17, 15) is 14.4 Å². The van der Waals surface area contributed by atoms with E-state index in [1.54, 1.807) is 48.5 Å². The van der Waals surface area contributed by atoms with Crippen LogP contribution in [0.2, 0.25) is 0 Å². The molecule has 0 spiro atoms. The van der Waals surface area contributed by atoms with Crippen molar-refractivity contribution in [3.8, 4) is 0 Å². The summed E-state index contributed by atoms with van der Waals surface area (Å²) in [6.45, 7) is -0.120. The van der Waals surface area contributed by atoms with Gasteiger partial charge in [-0.1, -0.05) is 60.7 Å². The number of benzene rings is 2. The fourth-order valence-corrected chi connectivity index (χ4v) is 1.95. The zero-order valence-electron chi connectivity index (χ0n) is 12.9. The molecule has 24 heavy (non-hydrogen) atoms. The molecule has 2 aromatic rings. The van der Waals surface area contributed by atoms with Crippen molar-refractivity contribution in [2.45, 2.75) is 13.2 Å². The highest BCUT2D eigenvalue weighted by atomic mass is 16.6. The highest BCUT2D eigenvalue weighted by molar-refractivity contribution is 6.13. The van der Waals surface area contributed by atoms with Crippen molar-refractivity contribution >= 4 is 17.8 Å². The van der Waals surface area contributed by atoms with E-state index in [-0.39, 0.29) is 13.2 Å². The first-order chi connectivity index (χ1) is 11.6. The van der Waals surface area contributed by atoms with E-state index < -0.39 is 23.8 Å². The minimum absolute atomic E-state index is 0.0601. The van der Waals surface area contributed by atoms with E-state index in [0.29, 0.717) is 0 Å². The second-order valence-corrected chi connectivity index (χ2v) is 5.02. The second kappa shape index (κ2) is 8.47. The number of carbonyl (C=O) groups is 3. The zero-order valence-corrected chi connectivity index (χ0v) is 12.9. The fourth-order valence-electron chi connectivity index (χ4n) is 1.95. The number of hydrogen-bond acceptors (Lipinski definition) is 5. The number of rotatable bonds is 7. The third kappa shape index (κ3) is 4.95. The van der Waals surface area contributed by atoms with Crippen molar-refractivity contribution in [2.75, 3.05) is 0 Å². The van der Waals surface area contributed by atoms with Gasteiger partial charge < -0.3 is 15.2 Å². The van der Waals surface area contributed by atoms with Gasteiger partial charge >= 0.3 is 11.9 Å². The summed E-state index contributed by atoms with van der Waals surface area (Å²) in [6.07, 6.45) is 0. The second-order valence-electron chi connectivity index (χ2n) is 5.02. The first kappa shape index (κ1) is 17.2. The molecule has 0 saturated carbocycles. The van der Waals surface area contributed by atoms with Crippen molar-refractivity contribution in [3.05, 3.63) is 71.8 Å². The molecule has 0 saturated heterocycles. The molecule has 0 bridgehead atoms. The molecular formula is C18H17NO5. The summed E-state index contributed by atoms with van der Waals surface area (Å²) >= 11 is 0. The lowest BCUT2D eigenvalue weighted by Gasteiger charge is -2.13. The highest BCUT2D eigenvalue weighted by Gasteiger charge is 2.35. The van der Waals surface area contributed by atoms with E-state index in [4.69, 9.17) is 15.2 Å². The summed E-state index contributed by atoms with van der Waals surface area (Å²) in [5.41, 5.74) is 6.59. The number of primary amides is 1. The van der Waals surface area contributed by atoms with E-state index in [1.165, 1.54) is 0 Å². The van der Waals surface area contributed by atoms with Crippen LogP contribution in [0, 0.1) is 5.92 Å². The first-order valence-corrected chi connectivity index (χ1v) is 7.28. The molecule has 124 valence electrons. The summed E-state index contributed by atoms with van der Waals surface area (Å²) in [7, 11) is 0. The zero-order chi connectivity index (χ0) is 17.4. The van der Waals surface area contributed by atoms with Gasteiger partial charge in [0.15, 0.2) is 0 Å². The average molecular weight is 327 g/mol. The molecule has 0 fully saturated rings. The average Bonchev–Trinajstić information content (AvgIpc) is 2.60. The Balaban J connectivity index is 1.93. The van der Waals surface area contributed by atoms with Crippen molar-refractivity contribution in [2.24, 2.45) is 11.7 Å². The molecule has 6 nitrogen and oxygen atoms in total. The normalized spacial score (nSPS) is 10.2. The number of carbonyl (C=O) groups excluding carboxylic acids is 3. The molecule has 0 aliphatic rings. The number of amides is 1. The van der Waals surface area contributed by atoms with Crippen LogP contribution in [0.25, 0.3) is 0 Å². The Morgan fingerprint density at radius 1 is 0.750 bits per heavy atom. The molecule has 2 N–H and O–H groups in total. The molecular weight excluding hydrogens is 310 g/mol. The van der Waals surface area contributed by atoms with Crippen molar-refractivity contribution in [1.29, 1.82) is 0 Å². The standard InChI is InChI=1S/C18H17NO5/c19-16(20)15(17(21)23-11-13-7-3-1-4-8-13)18(22)24-12-14-9-5-2-6-10-14/h1-10,15H,11-12H2,(H2,19,20). The minimum atomic E-state index is -1.78. The van der Waals surface area contributed by atoms with Gasteiger partial charge in [0.05, 0.1) is 0 Å². The van der Waals surface area contributed by atoms with Crippen molar-refractivity contribution < 1.29 is 23.9 Å². The Hall–Kier alpha value is -3.15. The third-order valence-electron chi connectivity index (χ3n) is 3.20. The molecule has 0 heterocycles. The number of ether oxygens (including phenoxy) is 2. The largest absolute Gasteiger partial charge is 0.460 e. The Kier molecular flexibility index (Phi) is 6.08. The summed E-state index contributed by atoms with van der Waals surface area (Å²) < 4.78 is 9.97. The fraction of sp³-hybridized carbons (Fsp3) is 0.167. The van der Waals surface area contributed by atoms with Gasteiger partial charge in [-0.2, -0.15) is 0 Å². The van der Waals surface area contributed by atoms with Gasteiger partial charge in [-0.3, -0.25) is 14.4 Å². The van der Waals surface area contributed by atoms with Crippen LogP contribution >= 0.6 is 0 Å². The first-order valence-electron chi connectivity index (χ1n) is 7.28. The van der Waals surface area contributed by atoms with Crippen LogP contribution in [0.3, 0.4) is 0 Å². The molecule has 0 aromatic heterocycles. The van der Waals surface area contributed by atoms with Crippen molar-refractivity contribution in [3.63, 3.8) is 0 Å². The lowest BCUT2D eigenvalue weighted by molar-refractivity contribution is -0.165. The SMILES string of the molecule is NC(=O)C(C(=O)OCc1ccccc1)C(=O)OCc1ccccc1. The maximum absolute atomic E-state index is 12.0. The molecule has 0 radical (unpaired) electrons. The monoisotopic (exact) mass is 327 g/mol. The smallest absolute Gasteiger partial charge is 0.330 e. The van der Waals surface area contributed by atoms with Crippen LogP contribution in [-0.4, -0.2) is 17.8 Å². The van der Waals surface area contributed by atoms with Gasteiger partial charge in [-0.05, 0) is 11.1 Å². The summed E-state index contributed by atoms with van der Waals surface area (Å²) in [4.78, 5) is 35.4. The molecule has 1 amide bonds. The van der Waals surface area contributed by atoms with Gasteiger partial charge in [0.1, 0.15) is 13.2 Å². The molecule has 0 atom stereocenters. The number of esters is 2.